The molecule has 0 aliphatic heterocycles. The molecule has 0 aliphatic rings. The molecule has 0 bridgehead atoms. The van der Waals surface area contributed by atoms with E-state index in [1.807, 2.05) is 0 Å². The molecule has 10 nitrogen and oxygen atoms in total. The summed E-state index contributed by atoms with van der Waals surface area (Å²) in [5.41, 5.74) is 1.11. The van der Waals surface area contributed by atoms with Crippen molar-refractivity contribution >= 4 is 60.1 Å². The van der Waals surface area contributed by atoms with E-state index in [0.717, 1.165) is 42.0 Å². The van der Waals surface area contributed by atoms with Crippen molar-refractivity contribution in [3.05, 3.63) is 86.7 Å². The van der Waals surface area contributed by atoms with Gasteiger partial charge in [0.15, 0.2) is 9.84 Å². The fourth-order valence-electron chi connectivity index (χ4n) is 3.91. The predicted molar refractivity (Wildman–Crippen MR) is 160 cm³/mol. The smallest absolute Gasteiger partial charge is 0.265 e. The van der Waals surface area contributed by atoms with Crippen LogP contribution in [0, 0.1) is 18.6 Å². The normalized spacial score (nSPS) is 11.8. The number of aliphatic hydroxyl groups is 1. The number of sulfone groups is 1. The Morgan fingerprint density at radius 3 is 2.44 bits per heavy atom. The topological polar surface area (TPSA) is 152 Å². The zero-order chi connectivity index (χ0) is 31.5. The number of aromatic nitrogens is 1. The third-order valence-electron chi connectivity index (χ3n) is 5.76. The highest BCUT2D eigenvalue weighted by Crippen LogP contribution is 2.36. The molecule has 4 aromatic rings. The van der Waals surface area contributed by atoms with Crippen LogP contribution in [-0.2, 0) is 26.5 Å². The van der Waals surface area contributed by atoms with Gasteiger partial charge < -0.3 is 15.2 Å². The van der Waals surface area contributed by atoms with Gasteiger partial charge in [0.1, 0.15) is 29.7 Å². The number of carbonyl (C=O) groups excluding carboxylic acids is 1. The van der Waals surface area contributed by atoms with Crippen LogP contribution >= 0.6 is 22.9 Å². The highest BCUT2D eigenvalue weighted by atomic mass is 35.5. The van der Waals surface area contributed by atoms with Gasteiger partial charge in [-0.3, -0.25) is 9.52 Å². The summed E-state index contributed by atoms with van der Waals surface area (Å²) in [4.78, 5) is 17.9. The molecule has 1 amide bonds. The van der Waals surface area contributed by atoms with Crippen LogP contribution in [0.25, 0.3) is 11.3 Å². The van der Waals surface area contributed by atoms with Gasteiger partial charge in [0.25, 0.3) is 5.91 Å². The lowest BCUT2D eigenvalue weighted by atomic mass is 10.1. The maximum atomic E-state index is 14.2. The van der Waals surface area contributed by atoms with Crippen molar-refractivity contribution in [1.29, 1.82) is 0 Å². The number of sulfonamides is 1. The fourth-order valence-corrected chi connectivity index (χ4v) is 6.57. The molecule has 0 saturated heterocycles. The van der Waals surface area contributed by atoms with Gasteiger partial charge in [-0.05, 0) is 55.0 Å². The highest BCUT2D eigenvalue weighted by Gasteiger charge is 2.20. The average Bonchev–Trinajstić information content (AvgIpc) is 3.27. The first-order chi connectivity index (χ1) is 20.1. The molecule has 4 rings (SSSR count). The number of halogens is 3. The quantitative estimate of drug-likeness (QED) is 0.201. The second-order valence-corrected chi connectivity index (χ2v) is 14.8. The summed E-state index contributed by atoms with van der Waals surface area (Å²) >= 11 is 7.21. The van der Waals surface area contributed by atoms with Gasteiger partial charge in [-0.2, -0.15) is 0 Å². The summed E-state index contributed by atoms with van der Waals surface area (Å²) in [6.07, 6.45) is 1.91. The lowest BCUT2D eigenvalue weighted by molar-refractivity contribution is 0.103. The minimum absolute atomic E-state index is 0.0207. The zero-order valence-electron chi connectivity index (χ0n) is 22.5. The molecule has 0 atom stereocenters. The molecule has 43 heavy (non-hydrogen) atoms. The Hall–Kier alpha value is -3.63. The Labute approximate surface area is 255 Å². The van der Waals surface area contributed by atoms with E-state index in [2.05, 4.69) is 15.0 Å². The third kappa shape index (κ3) is 8.48. The van der Waals surface area contributed by atoms with Crippen molar-refractivity contribution in [1.82, 2.24) is 4.98 Å². The van der Waals surface area contributed by atoms with E-state index >= 15 is 0 Å². The molecule has 3 N–H and O–H groups in total. The number of hydrogen-bond acceptors (Lipinski definition) is 9. The van der Waals surface area contributed by atoms with E-state index in [1.54, 1.807) is 6.92 Å². The monoisotopic (exact) mass is 671 g/mol. The van der Waals surface area contributed by atoms with E-state index in [9.17, 15) is 30.4 Å². The first kappa shape index (κ1) is 32.3. The first-order valence-corrected chi connectivity index (χ1v) is 17.0. The molecule has 0 radical (unpaired) electrons. The maximum Gasteiger partial charge on any atom is 0.265 e. The Balaban J connectivity index is 1.58. The summed E-state index contributed by atoms with van der Waals surface area (Å²) in [6.45, 7) is 0.836. The summed E-state index contributed by atoms with van der Waals surface area (Å²) in [7, 11) is -7.52. The minimum atomic E-state index is -3.83. The second kappa shape index (κ2) is 12.9. The molecule has 16 heteroatoms. The molecule has 0 fully saturated rings. The number of aliphatic hydroxyl groups excluding tert-OH is 1. The highest BCUT2D eigenvalue weighted by molar-refractivity contribution is 7.92. The van der Waals surface area contributed by atoms with Gasteiger partial charge in [-0.15, -0.1) is 11.3 Å². The van der Waals surface area contributed by atoms with E-state index in [0.29, 0.717) is 10.4 Å². The zero-order valence-corrected chi connectivity index (χ0v) is 25.7. The molecule has 0 unspecified atom stereocenters. The number of benzene rings is 2. The van der Waals surface area contributed by atoms with Gasteiger partial charge in [-0.25, -0.2) is 30.6 Å². The predicted octanol–water partition coefficient (Wildman–Crippen LogP) is 5.02. The van der Waals surface area contributed by atoms with Gasteiger partial charge in [0.05, 0.1) is 34.0 Å². The molecule has 0 aliphatic carbocycles. The average molecular weight is 672 g/mol. The van der Waals surface area contributed by atoms with Crippen molar-refractivity contribution in [3.8, 4) is 17.0 Å². The van der Waals surface area contributed by atoms with Crippen molar-refractivity contribution < 1.29 is 40.3 Å². The van der Waals surface area contributed by atoms with E-state index in [4.69, 9.17) is 21.4 Å². The number of nitrogens with zero attached hydrogens (tertiary/aromatic N) is 1. The van der Waals surface area contributed by atoms with Crippen molar-refractivity contribution in [3.63, 3.8) is 0 Å². The number of thiophene rings is 1. The van der Waals surface area contributed by atoms with Crippen LogP contribution in [0.3, 0.4) is 0 Å². The van der Waals surface area contributed by atoms with E-state index in [1.165, 1.54) is 30.3 Å². The van der Waals surface area contributed by atoms with E-state index in [-0.39, 0.29) is 49.8 Å². The molecule has 0 saturated carbocycles. The number of nitrogens with one attached hydrogen (secondary N) is 2. The second-order valence-electron chi connectivity index (χ2n) is 9.26. The number of amides is 1. The van der Waals surface area contributed by atoms with Crippen LogP contribution in [0.2, 0.25) is 5.02 Å². The van der Waals surface area contributed by atoms with Crippen molar-refractivity contribution in [2.45, 2.75) is 18.4 Å². The van der Waals surface area contributed by atoms with Crippen LogP contribution in [0.1, 0.15) is 20.1 Å². The Kier molecular flexibility index (Phi) is 9.71. The first-order valence-electron chi connectivity index (χ1n) is 12.3. The third-order valence-corrected chi connectivity index (χ3v) is 9.38. The lowest BCUT2D eigenvalue weighted by Gasteiger charge is -2.12. The Morgan fingerprint density at radius 2 is 1.74 bits per heavy atom. The Morgan fingerprint density at radius 1 is 1.02 bits per heavy atom. The van der Waals surface area contributed by atoms with Gasteiger partial charge in [-0.1, -0.05) is 11.6 Å². The number of hydrogen-bond donors (Lipinski definition) is 3. The van der Waals surface area contributed by atoms with Crippen LogP contribution in [0.15, 0.2) is 59.6 Å². The molecule has 0 spiro atoms. The molecule has 2 aromatic carbocycles. The number of anilines is 2. The molecule has 2 aromatic heterocycles. The van der Waals surface area contributed by atoms with E-state index < -0.39 is 49.8 Å². The number of aryl methyl sites for hydroxylation is 1. The molecule has 228 valence electrons. The standard InChI is InChI=1S/C27H24ClF2N3O7S3/c1-15-23(12-25(41-15)27(35)32-20-7-17(28)8-21(11-20)33-43(38,39)4-3-34)26-24(10-19(30)13-31-26)40-14-16-5-18(29)9-22(6-16)42(2,36)37/h5-13,33-34H,3-4,14H2,1-2H3,(H,32,35). The summed E-state index contributed by atoms with van der Waals surface area (Å²) in [5.74, 6) is -2.59. The lowest BCUT2D eigenvalue weighted by Crippen LogP contribution is -2.19. The van der Waals surface area contributed by atoms with Crippen LogP contribution < -0.4 is 14.8 Å². The molecular formula is C27H24ClF2N3O7S3. The molecular weight excluding hydrogens is 648 g/mol. The largest absolute Gasteiger partial charge is 0.487 e. The number of pyridine rings is 1. The maximum absolute atomic E-state index is 14.2. The van der Waals surface area contributed by atoms with Crippen LogP contribution in [0.5, 0.6) is 5.75 Å². The van der Waals surface area contributed by atoms with Gasteiger partial charge >= 0.3 is 0 Å². The van der Waals surface area contributed by atoms with Crippen LogP contribution in [0.4, 0.5) is 20.2 Å². The summed E-state index contributed by atoms with van der Waals surface area (Å²) < 4.78 is 84.0. The van der Waals surface area contributed by atoms with Crippen molar-refractivity contribution in [2.75, 3.05) is 28.7 Å². The SMILES string of the molecule is Cc1sc(C(=O)Nc2cc(Cl)cc(NS(=O)(=O)CCO)c2)cc1-c1ncc(F)cc1OCc1cc(F)cc(S(C)(=O)=O)c1. The number of carbonyl (C=O) groups is 1. The van der Waals surface area contributed by atoms with Gasteiger partial charge in [0, 0.05) is 33.5 Å². The fraction of sp³-hybridized carbons (Fsp3) is 0.185. The molecule has 2 heterocycles. The van der Waals surface area contributed by atoms with Crippen LogP contribution in [-0.4, -0.2) is 51.4 Å². The number of rotatable bonds is 11. The Bertz CT molecular complexity index is 1920. The van der Waals surface area contributed by atoms with Crippen molar-refractivity contribution in [2.24, 2.45) is 0 Å². The summed E-state index contributed by atoms with van der Waals surface area (Å²) in [6, 6.07) is 9.93. The van der Waals surface area contributed by atoms with Gasteiger partial charge in [0.2, 0.25) is 10.0 Å². The summed E-state index contributed by atoms with van der Waals surface area (Å²) in [5, 5.41) is 11.7. The number of ether oxygens (including phenoxy) is 1. The minimum Gasteiger partial charge on any atom is -0.487 e.